The maximum Gasteiger partial charge on any atom is 0.227 e. The first-order valence-electron chi connectivity index (χ1n) is 7.46. The van der Waals surface area contributed by atoms with Crippen molar-refractivity contribution >= 4 is 33.2 Å². The molecule has 1 atom stereocenters. The summed E-state index contributed by atoms with van der Waals surface area (Å²) in [6, 6.07) is 2.59. The van der Waals surface area contributed by atoms with Crippen molar-refractivity contribution in [2.45, 2.75) is 38.6 Å². The number of likely N-dealkylation sites (N-methyl/N-ethyl adjacent to an activating group) is 1. The summed E-state index contributed by atoms with van der Waals surface area (Å²) in [7, 11) is 2.16. The quantitative estimate of drug-likeness (QED) is 0.802. The summed E-state index contributed by atoms with van der Waals surface area (Å²) in [4.78, 5) is 13.1. The average molecular weight is 326 g/mol. The van der Waals surface area contributed by atoms with Crippen molar-refractivity contribution in [1.82, 2.24) is 14.9 Å². The predicted molar refractivity (Wildman–Crippen MR) is 87.6 cm³/mol. The van der Waals surface area contributed by atoms with Gasteiger partial charge in [0.15, 0.2) is 0 Å². The lowest BCUT2D eigenvalue weighted by molar-refractivity contribution is 0.123. The molecule has 0 aromatic carbocycles. The number of rotatable bonds is 4. The molecular weight excluding hydrogens is 306 g/mol. The van der Waals surface area contributed by atoms with Gasteiger partial charge in [-0.1, -0.05) is 13.3 Å². The third-order valence-electron chi connectivity index (χ3n) is 4.06. The largest absolute Gasteiger partial charge is 0.475 e. The highest BCUT2D eigenvalue weighted by molar-refractivity contribution is 7.18. The molecule has 1 aliphatic rings. The number of aromatic nitrogens is 2. The molecule has 0 radical (unpaired) electrons. The second-order valence-electron chi connectivity index (χ2n) is 5.52. The van der Waals surface area contributed by atoms with Crippen LogP contribution in [0.2, 0.25) is 5.28 Å². The van der Waals surface area contributed by atoms with Gasteiger partial charge in [-0.3, -0.25) is 0 Å². The molecule has 6 heteroatoms. The first-order chi connectivity index (χ1) is 10.2. The third kappa shape index (κ3) is 3.30. The Morgan fingerprint density at radius 1 is 1.43 bits per heavy atom. The Balaban J connectivity index is 1.80. The Morgan fingerprint density at radius 3 is 3.05 bits per heavy atom. The molecular formula is C15H20ClN3OS. The van der Waals surface area contributed by atoms with Crippen LogP contribution in [0.3, 0.4) is 0 Å². The molecule has 1 unspecified atom stereocenters. The van der Waals surface area contributed by atoms with Gasteiger partial charge < -0.3 is 9.64 Å². The number of nitrogens with zero attached hydrogens (tertiary/aromatic N) is 3. The summed E-state index contributed by atoms with van der Waals surface area (Å²) in [5, 5.41) is 1.25. The van der Waals surface area contributed by atoms with Crippen LogP contribution in [0, 0.1) is 0 Å². The van der Waals surface area contributed by atoms with Gasteiger partial charge >= 0.3 is 0 Å². The molecule has 3 rings (SSSR count). The molecule has 0 bridgehead atoms. The second kappa shape index (κ2) is 6.46. The summed E-state index contributed by atoms with van der Waals surface area (Å²) >= 11 is 7.68. The molecule has 1 aliphatic heterocycles. The van der Waals surface area contributed by atoms with Crippen LogP contribution in [0.5, 0.6) is 5.88 Å². The molecule has 0 aliphatic carbocycles. The fourth-order valence-corrected chi connectivity index (χ4v) is 3.90. The van der Waals surface area contributed by atoms with Crippen molar-refractivity contribution in [2.75, 3.05) is 20.2 Å². The van der Waals surface area contributed by atoms with Crippen molar-refractivity contribution in [1.29, 1.82) is 0 Å². The van der Waals surface area contributed by atoms with Gasteiger partial charge in [-0.05, 0) is 50.5 Å². The van der Waals surface area contributed by atoms with E-state index in [1.165, 1.54) is 24.1 Å². The lowest BCUT2D eigenvalue weighted by Gasteiger charge is -2.31. The van der Waals surface area contributed by atoms with E-state index >= 15 is 0 Å². The molecule has 114 valence electrons. The van der Waals surface area contributed by atoms with E-state index in [0.29, 0.717) is 18.5 Å². The predicted octanol–water partition coefficient (Wildman–Crippen LogP) is 3.77. The van der Waals surface area contributed by atoms with Crippen LogP contribution in [0.25, 0.3) is 10.2 Å². The zero-order valence-electron chi connectivity index (χ0n) is 12.4. The van der Waals surface area contributed by atoms with Gasteiger partial charge in [-0.15, -0.1) is 11.3 Å². The van der Waals surface area contributed by atoms with Crippen molar-refractivity contribution in [2.24, 2.45) is 0 Å². The van der Waals surface area contributed by atoms with E-state index in [1.807, 2.05) is 0 Å². The van der Waals surface area contributed by atoms with Crippen LogP contribution in [-0.2, 0) is 6.42 Å². The summed E-state index contributed by atoms with van der Waals surface area (Å²) in [6.07, 6.45) is 4.73. The van der Waals surface area contributed by atoms with Gasteiger partial charge in [0.25, 0.3) is 0 Å². The number of hydrogen-bond acceptors (Lipinski definition) is 5. The monoisotopic (exact) mass is 325 g/mol. The van der Waals surface area contributed by atoms with Crippen molar-refractivity contribution in [3.8, 4) is 5.88 Å². The fourth-order valence-electron chi connectivity index (χ4n) is 2.73. The van der Waals surface area contributed by atoms with Crippen LogP contribution in [-0.4, -0.2) is 41.1 Å². The Labute approximate surface area is 134 Å². The molecule has 0 saturated carbocycles. The summed E-state index contributed by atoms with van der Waals surface area (Å²) < 4.78 is 6.00. The minimum atomic E-state index is 0.263. The van der Waals surface area contributed by atoms with Gasteiger partial charge in [0, 0.05) is 10.9 Å². The van der Waals surface area contributed by atoms with E-state index in [9.17, 15) is 0 Å². The number of fused-ring (bicyclic) bond motifs is 1. The second-order valence-corrected chi connectivity index (χ2v) is 6.98. The van der Waals surface area contributed by atoms with E-state index in [1.54, 1.807) is 11.3 Å². The number of halogens is 1. The molecule has 0 N–H and O–H groups in total. The number of thiophene rings is 1. The molecule has 4 nitrogen and oxygen atoms in total. The SMILES string of the molecule is CCc1cc2c(OCC3CCCCN3C)nc(Cl)nc2s1. The highest BCUT2D eigenvalue weighted by atomic mass is 35.5. The van der Waals surface area contributed by atoms with Gasteiger partial charge in [0.1, 0.15) is 11.4 Å². The number of ether oxygens (including phenoxy) is 1. The Hall–Kier alpha value is -0.910. The van der Waals surface area contributed by atoms with Crippen LogP contribution in [0.4, 0.5) is 0 Å². The van der Waals surface area contributed by atoms with Gasteiger partial charge in [0.2, 0.25) is 11.2 Å². The van der Waals surface area contributed by atoms with Crippen LogP contribution < -0.4 is 4.74 Å². The Bertz CT molecular complexity index is 631. The number of likely N-dealkylation sites (tertiary alicyclic amines) is 1. The summed E-state index contributed by atoms with van der Waals surface area (Å²) in [5.74, 6) is 0.625. The van der Waals surface area contributed by atoms with Crippen LogP contribution >= 0.6 is 22.9 Å². The molecule has 0 spiro atoms. The average Bonchev–Trinajstić information content (AvgIpc) is 2.89. The maximum absolute atomic E-state index is 6.02. The minimum absolute atomic E-state index is 0.263. The summed E-state index contributed by atoms with van der Waals surface area (Å²) in [5.41, 5.74) is 0. The van der Waals surface area contributed by atoms with Crippen molar-refractivity contribution in [3.05, 3.63) is 16.2 Å². The first-order valence-corrected chi connectivity index (χ1v) is 8.66. The number of piperidine rings is 1. The molecule has 0 amide bonds. The minimum Gasteiger partial charge on any atom is -0.475 e. The smallest absolute Gasteiger partial charge is 0.227 e. The zero-order valence-corrected chi connectivity index (χ0v) is 14.0. The molecule has 1 fully saturated rings. The lowest BCUT2D eigenvalue weighted by atomic mass is 10.0. The molecule has 2 aromatic heterocycles. The van der Waals surface area contributed by atoms with Gasteiger partial charge in [-0.2, -0.15) is 4.98 Å². The third-order valence-corrected chi connectivity index (χ3v) is 5.41. The molecule has 3 heterocycles. The van der Waals surface area contributed by atoms with Crippen molar-refractivity contribution < 1.29 is 4.74 Å². The van der Waals surface area contributed by atoms with Crippen molar-refractivity contribution in [3.63, 3.8) is 0 Å². The normalized spacial score (nSPS) is 20.0. The highest BCUT2D eigenvalue weighted by Gasteiger charge is 2.20. The van der Waals surface area contributed by atoms with E-state index in [2.05, 4.69) is 34.9 Å². The van der Waals surface area contributed by atoms with Gasteiger partial charge in [0.05, 0.1) is 5.39 Å². The lowest BCUT2D eigenvalue weighted by Crippen LogP contribution is -2.40. The van der Waals surface area contributed by atoms with E-state index in [-0.39, 0.29) is 5.28 Å². The number of hydrogen-bond donors (Lipinski definition) is 0. The molecule has 2 aromatic rings. The number of aryl methyl sites for hydroxylation is 1. The van der Waals surface area contributed by atoms with E-state index in [0.717, 1.165) is 23.2 Å². The van der Waals surface area contributed by atoms with E-state index in [4.69, 9.17) is 16.3 Å². The van der Waals surface area contributed by atoms with Gasteiger partial charge in [-0.25, -0.2) is 4.98 Å². The molecule has 1 saturated heterocycles. The Morgan fingerprint density at radius 2 is 2.29 bits per heavy atom. The Kier molecular flexibility index (Phi) is 4.62. The fraction of sp³-hybridized carbons (Fsp3) is 0.600. The standard InChI is InChI=1S/C15H20ClN3OS/c1-3-11-8-12-13(17-15(16)18-14(12)21-11)20-9-10-6-4-5-7-19(10)2/h8,10H,3-7,9H2,1-2H3. The highest BCUT2D eigenvalue weighted by Crippen LogP contribution is 2.32. The molecule has 21 heavy (non-hydrogen) atoms. The summed E-state index contributed by atoms with van der Waals surface area (Å²) in [6.45, 7) is 3.94. The van der Waals surface area contributed by atoms with Crippen LogP contribution in [0.15, 0.2) is 6.07 Å². The first kappa shape index (κ1) is 15.0. The van der Waals surface area contributed by atoms with Crippen LogP contribution in [0.1, 0.15) is 31.1 Å². The maximum atomic E-state index is 6.02. The van der Waals surface area contributed by atoms with E-state index < -0.39 is 0 Å². The zero-order chi connectivity index (χ0) is 14.8. The topological polar surface area (TPSA) is 38.2 Å².